The maximum atomic E-state index is 14.5. The third kappa shape index (κ3) is 14.6. The normalized spacial score (nSPS) is 25.9. The highest BCUT2D eigenvalue weighted by Crippen LogP contribution is 2.41. The maximum Gasteiger partial charge on any atom is 0.366 e. The number of ether oxygens (including phenoxy) is 11. The van der Waals surface area contributed by atoms with Gasteiger partial charge in [0.25, 0.3) is 5.79 Å². The molecule has 0 saturated carbocycles. The molecule has 2 aliphatic heterocycles. The second kappa shape index (κ2) is 24.6. The van der Waals surface area contributed by atoms with Crippen LogP contribution in [0.2, 0.25) is 0 Å². The molecule has 19 nitrogen and oxygen atoms in total. The van der Waals surface area contributed by atoms with Crippen molar-refractivity contribution in [2.75, 3.05) is 20.3 Å². The van der Waals surface area contributed by atoms with Crippen LogP contribution in [0.25, 0.3) is 0 Å². The van der Waals surface area contributed by atoms with Crippen LogP contribution in [0, 0.1) is 0 Å². The molecule has 2 heterocycles. The molecule has 0 aliphatic carbocycles. The molecule has 2 fully saturated rings. The molecule has 3 aromatic rings. The van der Waals surface area contributed by atoms with Gasteiger partial charge < -0.3 is 62.5 Å². The number of nitrogens with one attached hydrogen (secondary N) is 1. The van der Waals surface area contributed by atoms with E-state index in [0.29, 0.717) is 5.56 Å². The Morgan fingerprint density at radius 2 is 1.29 bits per heavy atom. The van der Waals surface area contributed by atoms with E-state index in [9.17, 15) is 33.9 Å². The zero-order valence-electron chi connectivity index (χ0n) is 37.6. The minimum Gasteiger partial charge on any atom is -0.465 e. The molecule has 0 radical (unpaired) electrons. The molecule has 2 N–H and O–H groups in total. The van der Waals surface area contributed by atoms with Crippen molar-refractivity contribution in [3.63, 3.8) is 0 Å². The van der Waals surface area contributed by atoms with Crippen LogP contribution in [0.4, 0.5) is 0 Å². The molecule has 5 rings (SSSR count). The van der Waals surface area contributed by atoms with Crippen molar-refractivity contribution in [1.29, 1.82) is 0 Å². The Bertz CT molecular complexity index is 2060. The lowest BCUT2D eigenvalue weighted by Gasteiger charge is -2.51. The second-order valence-electron chi connectivity index (χ2n) is 15.6. The summed E-state index contributed by atoms with van der Waals surface area (Å²) in [6, 6.07) is 26.0. The van der Waals surface area contributed by atoms with E-state index in [0.717, 1.165) is 52.9 Å². The lowest BCUT2D eigenvalue weighted by atomic mass is 9.87. The summed E-state index contributed by atoms with van der Waals surface area (Å²) in [6.07, 6.45) is -14.8. The number of hydrogen-bond acceptors (Lipinski definition) is 18. The van der Waals surface area contributed by atoms with E-state index in [-0.39, 0.29) is 26.4 Å². The van der Waals surface area contributed by atoms with E-state index >= 15 is 0 Å². The van der Waals surface area contributed by atoms with Crippen molar-refractivity contribution >= 4 is 35.8 Å². The molecule has 0 unspecified atom stereocenters. The first-order valence-corrected chi connectivity index (χ1v) is 21.2. The van der Waals surface area contributed by atoms with Crippen LogP contribution in [0.1, 0.15) is 57.7 Å². The number of aliphatic hydroxyl groups is 1. The fourth-order valence-corrected chi connectivity index (χ4v) is 7.60. The molecule has 19 heteroatoms. The van der Waals surface area contributed by atoms with Gasteiger partial charge in [0.15, 0.2) is 18.5 Å². The van der Waals surface area contributed by atoms with Crippen LogP contribution in [-0.2, 0) is 101 Å². The summed E-state index contributed by atoms with van der Waals surface area (Å²) < 4.78 is 66.2. The van der Waals surface area contributed by atoms with Gasteiger partial charge in [-0.15, -0.1) is 0 Å². The van der Waals surface area contributed by atoms with Crippen molar-refractivity contribution in [2.45, 2.75) is 128 Å². The van der Waals surface area contributed by atoms with E-state index in [1.54, 1.807) is 24.3 Å². The van der Waals surface area contributed by atoms with Gasteiger partial charge in [0, 0.05) is 34.6 Å². The van der Waals surface area contributed by atoms with Crippen molar-refractivity contribution in [2.24, 2.45) is 0 Å². The van der Waals surface area contributed by atoms with Gasteiger partial charge in [0.2, 0.25) is 5.91 Å². The third-order valence-electron chi connectivity index (χ3n) is 10.4. The fraction of sp³-hybridized carbons (Fsp3) is 0.489. The monoisotopic (exact) mass is 923 g/mol. The van der Waals surface area contributed by atoms with E-state index in [1.165, 1.54) is 0 Å². The largest absolute Gasteiger partial charge is 0.465 e. The Morgan fingerprint density at radius 1 is 0.727 bits per heavy atom. The Hall–Kier alpha value is -5.80. The third-order valence-corrected chi connectivity index (χ3v) is 10.4. The van der Waals surface area contributed by atoms with Crippen LogP contribution in [-0.4, -0.2) is 128 Å². The predicted molar refractivity (Wildman–Crippen MR) is 227 cm³/mol. The molecule has 11 atom stereocenters. The van der Waals surface area contributed by atoms with Gasteiger partial charge in [0.05, 0.1) is 46.0 Å². The van der Waals surface area contributed by atoms with Gasteiger partial charge in [-0.3, -0.25) is 24.0 Å². The SMILES string of the molecule is COC(=O)[C@@]1(O[C@H]2[C@@H](O)[C@@H](COCc3ccccc3)O[C@@H](OCc3ccccc3)[C@@H]2OCc2ccccc2)C[C@H](OC(C)=O)[C@@H](NC(C)=O)[C@H]([C@H](OC(C)=O)[C@@H](COC(C)=O)OC(C)=O)O1. The first-order valence-electron chi connectivity index (χ1n) is 21.2. The number of methoxy groups -OCH3 is 1. The van der Waals surface area contributed by atoms with Crippen LogP contribution < -0.4 is 5.32 Å². The number of esters is 5. The predicted octanol–water partition coefficient (Wildman–Crippen LogP) is 3.00. The molecule has 0 bridgehead atoms. The van der Waals surface area contributed by atoms with Crippen LogP contribution in [0.15, 0.2) is 91.0 Å². The molecule has 1 amide bonds. The van der Waals surface area contributed by atoms with Crippen LogP contribution in [0.5, 0.6) is 0 Å². The van der Waals surface area contributed by atoms with E-state index in [4.69, 9.17) is 52.1 Å². The van der Waals surface area contributed by atoms with Gasteiger partial charge in [-0.1, -0.05) is 91.0 Å². The van der Waals surface area contributed by atoms with Crippen LogP contribution in [0.3, 0.4) is 0 Å². The van der Waals surface area contributed by atoms with Gasteiger partial charge in [-0.25, -0.2) is 4.79 Å². The van der Waals surface area contributed by atoms with Crippen molar-refractivity contribution in [3.8, 4) is 0 Å². The lowest BCUT2D eigenvalue weighted by molar-refractivity contribution is -0.376. The molecule has 358 valence electrons. The highest BCUT2D eigenvalue weighted by Gasteiger charge is 2.62. The highest BCUT2D eigenvalue weighted by molar-refractivity contribution is 5.79. The standard InChI is InChI=1S/C47H57NO18/c1-28(49)48-39-36(61-30(3)51)22-47(46(55)56-6,65-42(39)41(63-32(5)53)38(62-31(4)52)27-58-29(2)50)66-43-40(54)37(26-57-23-33-16-10-7-11-17-33)64-45(60-25-35-20-14-9-15-21-35)44(43)59-24-34-18-12-8-13-19-34/h7-21,36-45,54H,22-27H2,1-6H3,(H,48,49)/t36-,37+,38+,39+,40-,41+,42+,43-,44+,45+,47-/m0/s1. The summed E-state index contributed by atoms with van der Waals surface area (Å²) in [5.74, 6) is -8.21. The van der Waals surface area contributed by atoms with Crippen LogP contribution >= 0.6 is 0 Å². The Kier molecular flexibility index (Phi) is 19.1. The van der Waals surface area contributed by atoms with E-state index < -0.39 is 116 Å². The summed E-state index contributed by atoms with van der Waals surface area (Å²) in [6.45, 7) is 4.49. The molecule has 0 aromatic heterocycles. The fourth-order valence-electron chi connectivity index (χ4n) is 7.60. The van der Waals surface area contributed by atoms with E-state index in [2.05, 4.69) is 5.32 Å². The summed E-state index contributed by atoms with van der Waals surface area (Å²) in [4.78, 5) is 77.7. The topological polar surface area (TPSA) is 236 Å². The Morgan fingerprint density at radius 3 is 1.80 bits per heavy atom. The average molecular weight is 924 g/mol. The minimum absolute atomic E-state index is 0.00527. The number of aliphatic hydroxyl groups excluding tert-OH is 1. The summed E-state index contributed by atoms with van der Waals surface area (Å²) in [5.41, 5.74) is 2.30. The Balaban J connectivity index is 1.65. The first-order chi connectivity index (χ1) is 31.6. The summed E-state index contributed by atoms with van der Waals surface area (Å²) in [5, 5.41) is 15.0. The number of amides is 1. The second-order valence-corrected chi connectivity index (χ2v) is 15.6. The molecule has 66 heavy (non-hydrogen) atoms. The van der Waals surface area contributed by atoms with Gasteiger partial charge in [-0.05, 0) is 16.7 Å². The first kappa shape index (κ1) is 51.2. The van der Waals surface area contributed by atoms with E-state index in [1.807, 2.05) is 66.7 Å². The quantitative estimate of drug-likeness (QED) is 0.115. The minimum atomic E-state index is -2.73. The highest BCUT2D eigenvalue weighted by atomic mass is 16.8. The summed E-state index contributed by atoms with van der Waals surface area (Å²) >= 11 is 0. The number of rotatable bonds is 21. The zero-order valence-corrected chi connectivity index (χ0v) is 37.6. The molecule has 3 aromatic carbocycles. The van der Waals surface area contributed by atoms with Crippen molar-refractivity contribution in [1.82, 2.24) is 5.32 Å². The maximum absolute atomic E-state index is 14.5. The number of hydrogen-bond donors (Lipinski definition) is 2. The molecule has 2 aliphatic rings. The number of carbonyl (C=O) groups excluding carboxylic acids is 6. The van der Waals surface area contributed by atoms with Crippen molar-refractivity contribution in [3.05, 3.63) is 108 Å². The smallest absolute Gasteiger partial charge is 0.366 e. The lowest BCUT2D eigenvalue weighted by Crippen LogP contribution is -2.71. The van der Waals surface area contributed by atoms with Crippen molar-refractivity contribution < 1.29 is 86.0 Å². The average Bonchev–Trinajstić information content (AvgIpc) is 3.28. The molecule has 2 saturated heterocycles. The van der Waals surface area contributed by atoms with Gasteiger partial charge in [0.1, 0.15) is 43.2 Å². The van der Waals surface area contributed by atoms with Gasteiger partial charge in [-0.2, -0.15) is 0 Å². The Labute approximate surface area is 382 Å². The van der Waals surface area contributed by atoms with Gasteiger partial charge >= 0.3 is 29.8 Å². The molecule has 0 spiro atoms. The zero-order chi connectivity index (χ0) is 47.8. The number of carbonyl (C=O) groups is 6. The molecular formula is C47H57NO18. The summed E-state index contributed by atoms with van der Waals surface area (Å²) in [7, 11) is 1.02. The molecular weight excluding hydrogens is 867 g/mol. The number of benzene rings is 3.